The fourth-order valence-corrected chi connectivity index (χ4v) is 2.86. The van der Waals surface area contributed by atoms with Crippen LogP contribution in [-0.4, -0.2) is 23.9 Å². The van der Waals surface area contributed by atoms with Gasteiger partial charge < -0.3 is 10.6 Å². The Morgan fingerprint density at radius 1 is 1.12 bits per heavy atom. The lowest BCUT2D eigenvalue weighted by Crippen LogP contribution is -2.36. The smallest absolute Gasteiger partial charge is 0.225 e. The Morgan fingerprint density at radius 2 is 1.81 bits per heavy atom. The molecule has 2 aromatic carbocycles. The maximum atomic E-state index is 13.3. The second kappa shape index (κ2) is 11.7. The van der Waals surface area contributed by atoms with Crippen LogP contribution >= 0.6 is 12.4 Å². The summed E-state index contributed by atoms with van der Waals surface area (Å²) in [6, 6.07) is 16.6. The van der Waals surface area contributed by atoms with Gasteiger partial charge >= 0.3 is 0 Å². The fraction of sp³-hybridized carbons (Fsp3) is 0.381. The quantitative estimate of drug-likeness (QED) is 0.711. The van der Waals surface area contributed by atoms with Crippen LogP contribution in [0.5, 0.6) is 0 Å². The summed E-state index contributed by atoms with van der Waals surface area (Å²) < 4.78 is 13.3. The van der Waals surface area contributed by atoms with Crippen LogP contribution in [0.2, 0.25) is 0 Å². The number of rotatable bonds is 9. The molecule has 1 unspecified atom stereocenters. The predicted molar refractivity (Wildman–Crippen MR) is 107 cm³/mol. The Hall–Kier alpha value is -1.91. The average Bonchev–Trinajstić information content (AvgIpc) is 2.63. The minimum Gasteiger partial charge on any atom is -0.338 e. The molecule has 142 valence electrons. The van der Waals surface area contributed by atoms with Gasteiger partial charge in [-0.1, -0.05) is 49.4 Å². The van der Waals surface area contributed by atoms with E-state index in [9.17, 15) is 9.18 Å². The van der Waals surface area contributed by atoms with Crippen LogP contribution in [0.4, 0.5) is 4.39 Å². The number of hydrogen-bond acceptors (Lipinski definition) is 2. The standard InChI is InChI=1S/C21H27FN2O.ClH/c1-17(11-12-18-9-5-10-20(22)15-18)21(25)24(14-6-13-23)16-19-7-3-2-4-8-19;/h2-5,7-10,15,17H,6,11-14,16,23H2,1H3;1H. The van der Waals surface area contributed by atoms with Crippen LogP contribution < -0.4 is 5.73 Å². The number of benzene rings is 2. The molecule has 0 fully saturated rings. The molecule has 0 aliphatic rings. The first-order valence-electron chi connectivity index (χ1n) is 8.87. The number of amides is 1. The van der Waals surface area contributed by atoms with Crippen LogP contribution in [0, 0.1) is 11.7 Å². The molecule has 0 bridgehead atoms. The lowest BCUT2D eigenvalue weighted by atomic mass is 9.99. The van der Waals surface area contributed by atoms with Gasteiger partial charge in [0.25, 0.3) is 0 Å². The fourth-order valence-electron chi connectivity index (χ4n) is 2.86. The third kappa shape index (κ3) is 7.14. The normalized spacial score (nSPS) is 11.5. The molecule has 0 heterocycles. The molecule has 2 N–H and O–H groups in total. The zero-order chi connectivity index (χ0) is 18.1. The lowest BCUT2D eigenvalue weighted by molar-refractivity contribution is -0.135. The molecule has 0 aliphatic heterocycles. The maximum absolute atomic E-state index is 13.3. The summed E-state index contributed by atoms with van der Waals surface area (Å²) in [5.74, 6) is -0.205. The molecule has 0 aromatic heterocycles. The summed E-state index contributed by atoms with van der Waals surface area (Å²) in [7, 11) is 0. The second-order valence-corrected chi connectivity index (χ2v) is 6.46. The molecule has 0 saturated heterocycles. The number of nitrogens with zero attached hydrogens (tertiary/aromatic N) is 1. The summed E-state index contributed by atoms with van der Waals surface area (Å²) in [6.45, 7) is 3.77. The Morgan fingerprint density at radius 3 is 2.46 bits per heavy atom. The molecule has 3 nitrogen and oxygen atoms in total. The van der Waals surface area contributed by atoms with E-state index in [0.717, 1.165) is 17.5 Å². The van der Waals surface area contributed by atoms with Gasteiger partial charge in [-0.3, -0.25) is 4.79 Å². The van der Waals surface area contributed by atoms with E-state index in [1.165, 1.54) is 12.1 Å². The number of aryl methyl sites for hydroxylation is 1. The van der Waals surface area contributed by atoms with Gasteiger partial charge in [0.1, 0.15) is 5.82 Å². The SMILES string of the molecule is CC(CCc1cccc(F)c1)C(=O)N(CCCN)Cc1ccccc1.Cl. The van der Waals surface area contributed by atoms with Crippen molar-refractivity contribution in [2.75, 3.05) is 13.1 Å². The van der Waals surface area contributed by atoms with Crippen molar-refractivity contribution in [3.05, 3.63) is 71.5 Å². The molecular weight excluding hydrogens is 351 g/mol. The maximum Gasteiger partial charge on any atom is 0.225 e. The average molecular weight is 379 g/mol. The molecule has 0 aliphatic carbocycles. The van der Waals surface area contributed by atoms with Crippen LogP contribution in [0.15, 0.2) is 54.6 Å². The highest BCUT2D eigenvalue weighted by Crippen LogP contribution is 2.16. The highest BCUT2D eigenvalue weighted by molar-refractivity contribution is 5.85. The van der Waals surface area contributed by atoms with E-state index in [1.807, 2.05) is 48.2 Å². The van der Waals surface area contributed by atoms with Gasteiger partial charge in [-0.15, -0.1) is 12.4 Å². The number of halogens is 2. The van der Waals surface area contributed by atoms with Crippen LogP contribution in [0.25, 0.3) is 0 Å². The summed E-state index contributed by atoms with van der Waals surface area (Å²) in [4.78, 5) is 14.7. The van der Waals surface area contributed by atoms with Crippen molar-refractivity contribution in [2.45, 2.75) is 32.7 Å². The number of carbonyl (C=O) groups excluding carboxylic acids is 1. The number of nitrogens with two attached hydrogens (primary N) is 1. The van der Waals surface area contributed by atoms with Crippen molar-refractivity contribution in [3.63, 3.8) is 0 Å². The van der Waals surface area contributed by atoms with Gasteiger partial charge in [0.2, 0.25) is 5.91 Å². The molecule has 2 rings (SSSR count). The second-order valence-electron chi connectivity index (χ2n) is 6.46. The summed E-state index contributed by atoms with van der Waals surface area (Å²) >= 11 is 0. The largest absolute Gasteiger partial charge is 0.338 e. The lowest BCUT2D eigenvalue weighted by Gasteiger charge is -2.26. The van der Waals surface area contributed by atoms with Crippen molar-refractivity contribution >= 4 is 18.3 Å². The molecule has 5 heteroatoms. The van der Waals surface area contributed by atoms with Gasteiger partial charge in [-0.2, -0.15) is 0 Å². The summed E-state index contributed by atoms with van der Waals surface area (Å²) in [5.41, 5.74) is 7.66. The minimum absolute atomic E-state index is 0. The summed E-state index contributed by atoms with van der Waals surface area (Å²) in [6.07, 6.45) is 2.19. The first-order valence-corrected chi connectivity index (χ1v) is 8.87. The third-order valence-electron chi connectivity index (χ3n) is 4.34. The number of carbonyl (C=O) groups is 1. The van der Waals surface area contributed by atoms with Crippen LogP contribution in [0.3, 0.4) is 0 Å². The minimum atomic E-state index is -0.231. The highest BCUT2D eigenvalue weighted by Gasteiger charge is 2.20. The molecule has 0 spiro atoms. The molecule has 1 atom stereocenters. The van der Waals surface area contributed by atoms with E-state index >= 15 is 0 Å². The highest BCUT2D eigenvalue weighted by atomic mass is 35.5. The van der Waals surface area contributed by atoms with Crippen LogP contribution in [0.1, 0.15) is 30.9 Å². The summed E-state index contributed by atoms with van der Waals surface area (Å²) in [5, 5.41) is 0. The van der Waals surface area contributed by atoms with E-state index < -0.39 is 0 Å². The molecular formula is C21H28ClFN2O. The Labute approximate surface area is 161 Å². The van der Waals surface area contributed by atoms with E-state index in [4.69, 9.17) is 5.73 Å². The van der Waals surface area contributed by atoms with Crippen molar-refractivity contribution in [1.82, 2.24) is 4.90 Å². The van der Waals surface area contributed by atoms with Crippen molar-refractivity contribution in [2.24, 2.45) is 11.7 Å². The molecule has 0 radical (unpaired) electrons. The molecule has 1 amide bonds. The Balaban J connectivity index is 0.00000338. The van der Waals surface area contributed by atoms with Gasteiger partial charge in [-0.25, -0.2) is 4.39 Å². The van der Waals surface area contributed by atoms with Gasteiger partial charge in [-0.05, 0) is 49.1 Å². The van der Waals surface area contributed by atoms with E-state index in [-0.39, 0.29) is 30.0 Å². The molecule has 2 aromatic rings. The number of hydrogen-bond donors (Lipinski definition) is 1. The zero-order valence-electron chi connectivity index (χ0n) is 15.2. The van der Waals surface area contributed by atoms with Crippen molar-refractivity contribution in [3.8, 4) is 0 Å². The van der Waals surface area contributed by atoms with E-state index in [2.05, 4.69) is 0 Å². The van der Waals surface area contributed by atoms with Gasteiger partial charge in [0.15, 0.2) is 0 Å². The van der Waals surface area contributed by atoms with Crippen molar-refractivity contribution < 1.29 is 9.18 Å². The molecule has 0 saturated carbocycles. The van der Waals surface area contributed by atoms with E-state index in [1.54, 1.807) is 6.07 Å². The van der Waals surface area contributed by atoms with E-state index in [0.29, 0.717) is 32.5 Å². The first kappa shape index (κ1) is 22.1. The molecule has 26 heavy (non-hydrogen) atoms. The van der Waals surface area contributed by atoms with Gasteiger partial charge in [0.05, 0.1) is 0 Å². The Kier molecular flexibility index (Phi) is 9.92. The zero-order valence-corrected chi connectivity index (χ0v) is 16.1. The third-order valence-corrected chi connectivity index (χ3v) is 4.34. The van der Waals surface area contributed by atoms with Crippen molar-refractivity contribution in [1.29, 1.82) is 0 Å². The topological polar surface area (TPSA) is 46.3 Å². The first-order chi connectivity index (χ1) is 12.1. The van der Waals surface area contributed by atoms with Crippen LogP contribution in [-0.2, 0) is 17.8 Å². The Bertz CT molecular complexity index is 666. The monoisotopic (exact) mass is 378 g/mol. The predicted octanol–water partition coefficient (Wildman–Crippen LogP) is 4.19. The van der Waals surface area contributed by atoms with Gasteiger partial charge in [0, 0.05) is 19.0 Å².